The van der Waals surface area contributed by atoms with Crippen molar-refractivity contribution in [3.63, 3.8) is 0 Å². The molecule has 3 N–H and O–H groups in total. The first kappa shape index (κ1) is 30.8. The SMILES string of the molecule is CC(C(C(=O)O)c1ccc(Cl)cc1)C(F)(F)F.CC(C)(C)OC(=O)CC(c1ccc(Cl)c(N)c1)C1CC1. The van der Waals surface area contributed by atoms with Gasteiger partial charge in [0.15, 0.2) is 0 Å². The number of carbonyl (C=O) groups is 2. The molecule has 0 heterocycles. The Kier molecular flexibility index (Phi) is 10.3. The monoisotopic (exact) mass is 561 g/mol. The lowest BCUT2D eigenvalue weighted by Gasteiger charge is -2.23. The maximum atomic E-state index is 12.5. The molecule has 0 amide bonds. The number of aliphatic carboxylic acids is 1. The van der Waals surface area contributed by atoms with Crippen LogP contribution in [0.2, 0.25) is 10.0 Å². The van der Waals surface area contributed by atoms with Crippen LogP contribution in [0, 0.1) is 11.8 Å². The topological polar surface area (TPSA) is 89.6 Å². The van der Waals surface area contributed by atoms with E-state index in [4.69, 9.17) is 38.8 Å². The summed E-state index contributed by atoms with van der Waals surface area (Å²) in [6.45, 7) is 6.51. The van der Waals surface area contributed by atoms with Crippen molar-refractivity contribution in [2.75, 3.05) is 5.73 Å². The molecule has 10 heteroatoms. The van der Waals surface area contributed by atoms with Crippen molar-refractivity contribution in [3.8, 4) is 0 Å². The number of benzene rings is 2. The van der Waals surface area contributed by atoms with Gasteiger partial charge in [0, 0.05) is 5.02 Å². The van der Waals surface area contributed by atoms with Crippen molar-refractivity contribution in [1.82, 2.24) is 0 Å². The summed E-state index contributed by atoms with van der Waals surface area (Å²) < 4.78 is 43.0. The second-order valence-electron chi connectivity index (χ2n) is 10.2. The fraction of sp³-hybridized carbons (Fsp3) is 0.481. The number of carboxylic acids is 1. The third-order valence-electron chi connectivity index (χ3n) is 5.96. The molecular formula is C27H32Cl2F3NO4. The molecule has 5 nitrogen and oxygen atoms in total. The summed E-state index contributed by atoms with van der Waals surface area (Å²) in [5.74, 6) is -4.49. The number of carbonyl (C=O) groups excluding carboxylic acids is 1. The highest BCUT2D eigenvalue weighted by molar-refractivity contribution is 6.33. The molecule has 1 aliphatic rings. The van der Waals surface area contributed by atoms with Crippen molar-refractivity contribution >= 4 is 40.8 Å². The predicted molar refractivity (Wildman–Crippen MR) is 139 cm³/mol. The molecule has 3 atom stereocenters. The van der Waals surface area contributed by atoms with Gasteiger partial charge >= 0.3 is 18.1 Å². The van der Waals surface area contributed by atoms with Crippen LogP contribution in [0.1, 0.15) is 69.9 Å². The zero-order valence-corrected chi connectivity index (χ0v) is 22.6. The largest absolute Gasteiger partial charge is 0.481 e. The average Bonchev–Trinajstić information content (AvgIpc) is 3.59. The number of halogens is 5. The van der Waals surface area contributed by atoms with Crippen molar-refractivity contribution in [2.45, 2.75) is 70.6 Å². The fourth-order valence-corrected chi connectivity index (χ4v) is 4.16. The van der Waals surface area contributed by atoms with E-state index in [-0.39, 0.29) is 17.5 Å². The molecule has 0 aromatic heterocycles. The molecular weight excluding hydrogens is 530 g/mol. The van der Waals surface area contributed by atoms with E-state index in [1.165, 1.54) is 24.3 Å². The van der Waals surface area contributed by atoms with Crippen molar-refractivity contribution in [1.29, 1.82) is 0 Å². The van der Waals surface area contributed by atoms with Gasteiger partial charge < -0.3 is 15.6 Å². The van der Waals surface area contributed by atoms with Gasteiger partial charge in [0.2, 0.25) is 0 Å². The summed E-state index contributed by atoms with van der Waals surface area (Å²) in [5, 5.41) is 9.80. The Labute approximate surface area is 225 Å². The minimum atomic E-state index is -4.55. The maximum absolute atomic E-state index is 12.5. The van der Waals surface area contributed by atoms with Crippen LogP contribution in [0.15, 0.2) is 42.5 Å². The fourth-order valence-electron chi connectivity index (χ4n) is 3.92. The number of hydrogen-bond donors (Lipinski definition) is 2. The average molecular weight is 562 g/mol. The van der Waals surface area contributed by atoms with Gasteiger partial charge in [-0.2, -0.15) is 13.2 Å². The van der Waals surface area contributed by atoms with E-state index >= 15 is 0 Å². The number of nitrogen functional groups attached to an aromatic ring is 1. The lowest BCUT2D eigenvalue weighted by molar-refractivity contribution is -0.183. The summed E-state index contributed by atoms with van der Waals surface area (Å²) in [6, 6.07) is 11.0. The molecule has 3 unspecified atom stereocenters. The van der Waals surface area contributed by atoms with E-state index < -0.39 is 29.6 Å². The lowest BCUT2D eigenvalue weighted by Crippen LogP contribution is -2.31. The molecule has 0 saturated heterocycles. The minimum absolute atomic E-state index is 0.0896. The summed E-state index contributed by atoms with van der Waals surface area (Å²) in [6.07, 6.45) is -1.82. The van der Waals surface area contributed by atoms with Gasteiger partial charge in [0.25, 0.3) is 0 Å². The van der Waals surface area contributed by atoms with Gasteiger partial charge in [-0.15, -0.1) is 0 Å². The number of ether oxygens (including phenoxy) is 1. The molecule has 0 aliphatic heterocycles. The summed E-state index contributed by atoms with van der Waals surface area (Å²) >= 11 is 11.6. The second kappa shape index (κ2) is 12.4. The molecule has 3 rings (SSSR count). The van der Waals surface area contributed by atoms with Crippen LogP contribution >= 0.6 is 23.2 Å². The Morgan fingerprint density at radius 2 is 1.59 bits per heavy atom. The number of nitrogens with two attached hydrogens (primary N) is 1. The van der Waals surface area contributed by atoms with E-state index in [9.17, 15) is 22.8 Å². The highest BCUT2D eigenvalue weighted by atomic mass is 35.5. The van der Waals surface area contributed by atoms with Gasteiger partial charge in [-0.1, -0.05) is 48.3 Å². The standard InChI is InChI=1S/C16H22ClNO2.C11H10ClF3O2/c1-16(2,3)20-15(19)9-12(10-4-5-10)11-6-7-13(17)14(18)8-11;1-6(11(13,14)15)9(10(16)17)7-2-4-8(12)5-3-7/h6-8,10,12H,4-5,9,18H2,1-3H3;2-6,9H,1H3,(H,16,17). The minimum Gasteiger partial charge on any atom is -0.481 e. The van der Waals surface area contributed by atoms with Gasteiger partial charge in [-0.25, -0.2) is 0 Å². The van der Waals surface area contributed by atoms with Crippen molar-refractivity contribution in [3.05, 3.63) is 63.6 Å². The normalized spacial score (nSPS) is 16.1. The highest BCUT2D eigenvalue weighted by Crippen LogP contribution is 2.45. The van der Waals surface area contributed by atoms with E-state index in [0.29, 0.717) is 28.1 Å². The van der Waals surface area contributed by atoms with Crippen LogP contribution < -0.4 is 5.73 Å². The lowest BCUT2D eigenvalue weighted by atomic mass is 9.87. The van der Waals surface area contributed by atoms with Gasteiger partial charge in [0.1, 0.15) is 5.60 Å². The first-order valence-corrected chi connectivity index (χ1v) is 12.6. The molecule has 2 aromatic carbocycles. The zero-order chi connectivity index (χ0) is 28.1. The Hall–Kier alpha value is -2.45. The Balaban J connectivity index is 0.000000264. The molecule has 1 fully saturated rings. The van der Waals surface area contributed by atoms with Gasteiger partial charge in [-0.05, 0) is 80.8 Å². The number of anilines is 1. The molecule has 1 saturated carbocycles. The van der Waals surface area contributed by atoms with Crippen LogP contribution in [0.25, 0.3) is 0 Å². The molecule has 0 bridgehead atoms. The highest BCUT2D eigenvalue weighted by Gasteiger charge is 2.45. The third-order valence-corrected chi connectivity index (χ3v) is 6.55. The Morgan fingerprint density at radius 1 is 1.05 bits per heavy atom. The Morgan fingerprint density at radius 3 is 2.03 bits per heavy atom. The van der Waals surface area contributed by atoms with Crippen LogP contribution in [0.3, 0.4) is 0 Å². The molecule has 1 aliphatic carbocycles. The van der Waals surface area contributed by atoms with Crippen LogP contribution in [0.5, 0.6) is 0 Å². The Bertz CT molecular complexity index is 1080. The van der Waals surface area contributed by atoms with E-state index in [2.05, 4.69) is 0 Å². The molecule has 0 radical (unpaired) electrons. The summed E-state index contributed by atoms with van der Waals surface area (Å²) in [7, 11) is 0. The van der Waals surface area contributed by atoms with Crippen molar-refractivity contribution < 1.29 is 32.6 Å². The van der Waals surface area contributed by atoms with Crippen molar-refractivity contribution in [2.24, 2.45) is 11.8 Å². The van der Waals surface area contributed by atoms with E-state index in [1.54, 1.807) is 6.07 Å². The number of alkyl halides is 3. The number of carboxylic acid groups (broad SMARTS) is 1. The quantitative estimate of drug-likeness (QED) is 0.265. The second-order valence-corrected chi connectivity index (χ2v) is 11.1. The zero-order valence-electron chi connectivity index (χ0n) is 21.1. The molecule has 0 spiro atoms. The predicted octanol–water partition coefficient (Wildman–Crippen LogP) is 7.85. The number of esters is 1. The first-order chi connectivity index (χ1) is 17.0. The first-order valence-electron chi connectivity index (χ1n) is 11.8. The number of hydrogen-bond acceptors (Lipinski definition) is 4. The van der Waals surface area contributed by atoms with Gasteiger partial charge in [-0.3, -0.25) is 9.59 Å². The van der Waals surface area contributed by atoms with Crippen LogP contribution in [-0.2, 0) is 14.3 Å². The van der Waals surface area contributed by atoms with Crippen LogP contribution in [0.4, 0.5) is 18.9 Å². The molecule has 37 heavy (non-hydrogen) atoms. The maximum Gasteiger partial charge on any atom is 0.392 e. The van der Waals surface area contributed by atoms with E-state index in [1.807, 2.05) is 32.9 Å². The molecule has 2 aromatic rings. The third kappa shape index (κ3) is 9.74. The number of rotatable bonds is 7. The summed E-state index contributed by atoms with van der Waals surface area (Å²) in [4.78, 5) is 23.0. The van der Waals surface area contributed by atoms with Gasteiger partial charge in [0.05, 0.1) is 29.0 Å². The molecule has 204 valence electrons. The summed E-state index contributed by atoms with van der Waals surface area (Å²) in [5.41, 5.74) is 7.16. The van der Waals surface area contributed by atoms with E-state index in [0.717, 1.165) is 25.3 Å². The van der Waals surface area contributed by atoms with Crippen LogP contribution in [-0.4, -0.2) is 28.8 Å². The smallest absolute Gasteiger partial charge is 0.392 e.